The largest absolute Gasteiger partial charge is 0.269 e. The first-order chi connectivity index (χ1) is 6.34. The average molecular weight is 168 g/mol. The smallest absolute Gasteiger partial charge is 0.144 e. The highest BCUT2D eigenvalue weighted by molar-refractivity contribution is 6.30. The van der Waals surface area contributed by atoms with Gasteiger partial charge < -0.3 is 0 Å². The molecule has 1 heterocycles. The van der Waals surface area contributed by atoms with Crippen LogP contribution in [0.15, 0.2) is 42.6 Å². The zero-order valence-electron chi connectivity index (χ0n) is 7.22. The minimum Gasteiger partial charge on any atom is -0.269 e. The Morgan fingerprint density at radius 2 is 1.92 bits per heavy atom. The van der Waals surface area contributed by atoms with Gasteiger partial charge in [0.25, 0.3) is 0 Å². The molecule has 0 aliphatic heterocycles. The van der Waals surface area contributed by atoms with Crippen LogP contribution < -0.4 is 5.59 Å². The topological polar surface area (TPSA) is 17.8 Å². The summed E-state index contributed by atoms with van der Waals surface area (Å²) in [6, 6.07) is 12.0. The van der Waals surface area contributed by atoms with E-state index in [9.17, 15) is 0 Å². The molecule has 0 amide bonds. The summed E-state index contributed by atoms with van der Waals surface area (Å²) in [4.78, 5) is 0. The minimum atomic E-state index is 0.566. The van der Waals surface area contributed by atoms with Crippen molar-refractivity contribution in [3.63, 3.8) is 0 Å². The van der Waals surface area contributed by atoms with Gasteiger partial charge in [-0.05, 0) is 11.6 Å². The number of nitrogens with zero attached hydrogens (tertiary/aromatic N) is 2. The zero-order valence-corrected chi connectivity index (χ0v) is 7.22. The van der Waals surface area contributed by atoms with Gasteiger partial charge in [-0.2, -0.15) is 5.10 Å². The fraction of sp³-hybridized carbons (Fsp3) is 0.100. The van der Waals surface area contributed by atoms with Crippen molar-refractivity contribution in [2.45, 2.75) is 6.54 Å². The van der Waals surface area contributed by atoms with Crippen LogP contribution in [0.2, 0.25) is 0 Å². The van der Waals surface area contributed by atoms with E-state index in [1.165, 1.54) is 5.56 Å². The molecule has 3 heteroatoms. The molecule has 2 nitrogen and oxygen atoms in total. The molecule has 0 fully saturated rings. The molecule has 62 valence electrons. The molecule has 0 aliphatic carbocycles. The summed E-state index contributed by atoms with van der Waals surface area (Å²) in [5, 5.41) is 4.10. The summed E-state index contributed by atoms with van der Waals surface area (Å²) in [7, 11) is 5.50. The predicted molar refractivity (Wildman–Crippen MR) is 53.2 cm³/mol. The second kappa shape index (κ2) is 3.48. The molecule has 0 unspecified atom stereocenters. The van der Waals surface area contributed by atoms with E-state index in [2.05, 4.69) is 17.2 Å². The van der Waals surface area contributed by atoms with Crippen molar-refractivity contribution >= 4 is 13.4 Å². The second-order valence-electron chi connectivity index (χ2n) is 2.92. The number of hydrogen-bond donors (Lipinski definition) is 0. The molecule has 0 saturated heterocycles. The van der Waals surface area contributed by atoms with Crippen molar-refractivity contribution in [1.29, 1.82) is 0 Å². The van der Waals surface area contributed by atoms with Gasteiger partial charge in [0.2, 0.25) is 0 Å². The van der Waals surface area contributed by atoms with Crippen LogP contribution in [0.1, 0.15) is 5.56 Å². The van der Waals surface area contributed by atoms with E-state index >= 15 is 0 Å². The van der Waals surface area contributed by atoms with Crippen LogP contribution in [0.4, 0.5) is 0 Å². The van der Waals surface area contributed by atoms with Crippen LogP contribution in [0.25, 0.3) is 0 Å². The maximum atomic E-state index is 5.50. The van der Waals surface area contributed by atoms with Gasteiger partial charge in [-0.1, -0.05) is 30.3 Å². The maximum absolute atomic E-state index is 5.50. The summed E-state index contributed by atoms with van der Waals surface area (Å²) >= 11 is 0. The van der Waals surface area contributed by atoms with E-state index in [0.717, 1.165) is 6.54 Å². The molecule has 0 atom stereocenters. The van der Waals surface area contributed by atoms with Crippen molar-refractivity contribution in [2.24, 2.45) is 0 Å². The van der Waals surface area contributed by atoms with E-state index in [4.69, 9.17) is 7.85 Å². The Bertz CT molecular complexity index is 381. The van der Waals surface area contributed by atoms with Crippen molar-refractivity contribution < 1.29 is 0 Å². The fourth-order valence-corrected chi connectivity index (χ4v) is 1.24. The summed E-state index contributed by atoms with van der Waals surface area (Å²) in [6.07, 6.45) is 1.88. The standard InChI is InChI=1S/C10H9BN2/c11-10-6-7-13(12-10)8-9-4-2-1-3-5-9/h1-7H,8H2. The fourth-order valence-electron chi connectivity index (χ4n) is 1.24. The molecule has 13 heavy (non-hydrogen) atoms. The summed E-state index contributed by atoms with van der Waals surface area (Å²) in [5.74, 6) is 0. The molecule has 2 rings (SSSR count). The quantitative estimate of drug-likeness (QED) is 0.604. The lowest BCUT2D eigenvalue weighted by Gasteiger charge is -2.00. The third kappa shape index (κ3) is 1.99. The van der Waals surface area contributed by atoms with Gasteiger partial charge >= 0.3 is 0 Å². The lowest BCUT2D eigenvalue weighted by molar-refractivity contribution is 0.693. The lowest BCUT2D eigenvalue weighted by Crippen LogP contribution is -2.08. The van der Waals surface area contributed by atoms with Crippen molar-refractivity contribution in [3.8, 4) is 0 Å². The molecule has 0 aliphatic rings. The first kappa shape index (κ1) is 8.11. The van der Waals surface area contributed by atoms with Crippen LogP contribution in [0, 0.1) is 0 Å². The Balaban J connectivity index is 2.15. The van der Waals surface area contributed by atoms with Crippen LogP contribution >= 0.6 is 0 Å². The van der Waals surface area contributed by atoms with Gasteiger partial charge in [0, 0.05) is 11.8 Å². The highest BCUT2D eigenvalue weighted by atomic mass is 15.3. The molecular weight excluding hydrogens is 159 g/mol. The van der Waals surface area contributed by atoms with Crippen LogP contribution in [0.3, 0.4) is 0 Å². The van der Waals surface area contributed by atoms with Crippen molar-refractivity contribution in [2.75, 3.05) is 0 Å². The Labute approximate surface area is 78.6 Å². The van der Waals surface area contributed by atoms with Gasteiger partial charge in [-0.25, -0.2) is 0 Å². The normalized spacial score (nSPS) is 10.2. The van der Waals surface area contributed by atoms with E-state index in [1.807, 2.05) is 29.1 Å². The average Bonchev–Trinajstić information content (AvgIpc) is 2.53. The summed E-state index contributed by atoms with van der Waals surface area (Å²) in [6.45, 7) is 0.776. The SMILES string of the molecule is [B]c1ccn(Cc2ccccc2)n1. The van der Waals surface area contributed by atoms with Gasteiger partial charge in [-0.3, -0.25) is 4.68 Å². The Kier molecular flexibility index (Phi) is 2.17. The lowest BCUT2D eigenvalue weighted by atomic mass is 10.1. The van der Waals surface area contributed by atoms with Gasteiger partial charge in [0.1, 0.15) is 7.85 Å². The Hall–Kier alpha value is -1.51. The summed E-state index contributed by atoms with van der Waals surface area (Å²) in [5.41, 5.74) is 1.79. The van der Waals surface area contributed by atoms with Gasteiger partial charge in [0.05, 0.1) is 6.54 Å². The van der Waals surface area contributed by atoms with Gasteiger partial charge in [0.15, 0.2) is 0 Å². The van der Waals surface area contributed by atoms with Crippen LogP contribution in [0.5, 0.6) is 0 Å². The first-order valence-electron chi connectivity index (χ1n) is 4.17. The number of aromatic nitrogens is 2. The molecule has 0 spiro atoms. The molecule has 1 aromatic heterocycles. The minimum absolute atomic E-state index is 0.566. The molecular formula is C10H9BN2. The van der Waals surface area contributed by atoms with Crippen LogP contribution in [-0.4, -0.2) is 17.6 Å². The third-order valence-corrected chi connectivity index (χ3v) is 1.85. The Morgan fingerprint density at radius 3 is 2.54 bits per heavy atom. The maximum Gasteiger partial charge on any atom is 0.144 e. The van der Waals surface area contributed by atoms with E-state index < -0.39 is 0 Å². The second-order valence-corrected chi connectivity index (χ2v) is 2.92. The molecule has 2 aromatic rings. The molecule has 0 bridgehead atoms. The highest BCUT2D eigenvalue weighted by Crippen LogP contribution is 1.99. The van der Waals surface area contributed by atoms with Gasteiger partial charge in [-0.15, -0.1) is 0 Å². The van der Waals surface area contributed by atoms with E-state index in [0.29, 0.717) is 5.59 Å². The monoisotopic (exact) mass is 168 g/mol. The molecule has 0 N–H and O–H groups in total. The first-order valence-corrected chi connectivity index (χ1v) is 4.17. The Morgan fingerprint density at radius 1 is 1.15 bits per heavy atom. The number of rotatable bonds is 2. The van der Waals surface area contributed by atoms with Crippen molar-refractivity contribution in [1.82, 2.24) is 9.78 Å². The highest BCUT2D eigenvalue weighted by Gasteiger charge is 1.94. The molecule has 0 saturated carbocycles. The summed E-state index contributed by atoms with van der Waals surface area (Å²) < 4.78 is 1.82. The zero-order chi connectivity index (χ0) is 9.10. The van der Waals surface area contributed by atoms with E-state index in [1.54, 1.807) is 6.07 Å². The number of hydrogen-bond acceptors (Lipinski definition) is 1. The van der Waals surface area contributed by atoms with E-state index in [-0.39, 0.29) is 0 Å². The van der Waals surface area contributed by atoms with Crippen LogP contribution in [-0.2, 0) is 6.54 Å². The number of benzene rings is 1. The third-order valence-electron chi connectivity index (χ3n) is 1.85. The molecule has 2 radical (unpaired) electrons. The molecule has 1 aromatic carbocycles. The predicted octanol–water partition coefficient (Wildman–Crippen LogP) is 0.725. The van der Waals surface area contributed by atoms with Crippen molar-refractivity contribution in [3.05, 3.63) is 48.2 Å².